The van der Waals surface area contributed by atoms with Crippen LogP contribution in [0, 0.1) is 11.3 Å². The highest BCUT2D eigenvalue weighted by atomic mass is 32.1. The van der Waals surface area contributed by atoms with Crippen molar-refractivity contribution in [3.8, 4) is 17.6 Å². The second kappa shape index (κ2) is 8.39. The number of thiazole rings is 1. The number of carbonyl (C=O) groups excluding carboxylic acids is 2. The number of esters is 1. The fourth-order valence-electron chi connectivity index (χ4n) is 3.02. The molecule has 2 heterocycles. The van der Waals surface area contributed by atoms with Gasteiger partial charge in [0, 0.05) is 17.7 Å². The molecule has 0 unspecified atom stereocenters. The Morgan fingerprint density at radius 1 is 1.20 bits per heavy atom. The lowest BCUT2D eigenvalue weighted by atomic mass is 10.1. The van der Waals surface area contributed by atoms with Crippen molar-refractivity contribution >= 4 is 33.4 Å². The lowest BCUT2D eigenvalue weighted by molar-refractivity contribution is -0.143. The van der Waals surface area contributed by atoms with Crippen LogP contribution in [-0.2, 0) is 16.1 Å². The topological polar surface area (TPSA) is 103 Å². The van der Waals surface area contributed by atoms with E-state index in [9.17, 15) is 9.59 Å². The molecule has 0 bridgehead atoms. The fraction of sp³-hybridized carbons (Fsp3) is 0.238. The number of ether oxygens (including phenoxy) is 3. The SMILES string of the molecule is CCOC(=O)Cn1c(=NC(=O)c2ccc(C#N)cc2)sc2cc3c(cc21)OCCO3. The third-order valence-electron chi connectivity index (χ3n) is 4.40. The van der Waals surface area contributed by atoms with Crippen molar-refractivity contribution in [1.29, 1.82) is 5.26 Å². The standard InChI is InChI=1S/C21H17N3O5S/c1-2-27-19(25)12-24-15-9-16-17(29-8-7-28-16)10-18(15)30-21(24)23-20(26)14-5-3-13(11-22)4-6-14/h3-6,9-10H,2,7-8,12H2,1H3. The van der Waals surface area contributed by atoms with Gasteiger partial charge >= 0.3 is 5.97 Å². The van der Waals surface area contributed by atoms with Crippen LogP contribution in [0.1, 0.15) is 22.8 Å². The first-order chi connectivity index (χ1) is 14.6. The minimum Gasteiger partial charge on any atom is -0.486 e. The molecule has 0 saturated carbocycles. The maximum absolute atomic E-state index is 12.7. The fourth-order valence-corrected chi connectivity index (χ4v) is 4.06. The predicted octanol–water partition coefficient (Wildman–Crippen LogP) is 2.65. The minimum absolute atomic E-state index is 0.0903. The normalized spacial score (nSPS) is 13.1. The Kier molecular flexibility index (Phi) is 5.50. The Bertz CT molecular complexity index is 1230. The van der Waals surface area contributed by atoms with Gasteiger partial charge in [-0.3, -0.25) is 9.59 Å². The Hall–Kier alpha value is -3.64. The molecule has 1 aromatic heterocycles. The number of nitrogens with zero attached hydrogens (tertiary/aromatic N) is 3. The molecule has 2 aromatic carbocycles. The summed E-state index contributed by atoms with van der Waals surface area (Å²) in [5.74, 6) is 0.290. The summed E-state index contributed by atoms with van der Waals surface area (Å²) in [4.78, 5) is 29.4. The predicted molar refractivity (Wildman–Crippen MR) is 108 cm³/mol. The second-order valence-corrected chi connectivity index (χ2v) is 7.35. The molecule has 4 rings (SSSR count). The molecule has 0 spiro atoms. The van der Waals surface area contributed by atoms with Gasteiger partial charge in [-0.25, -0.2) is 0 Å². The van der Waals surface area contributed by atoms with Gasteiger partial charge in [0.2, 0.25) is 0 Å². The number of hydrogen-bond acceptors (Lipinski definition) is 7. The van der Waals surface area contributed by atoms with Crippen molar-refractivity contribution < 1.29 is 23.8 Å². The molecular formula is C21H17N3O5S. The van der Waals surface area contributed by atoms with Gasteiger partial charge in [0.25, 0.3) is 5.91 Å². The number of amides is 1. The number of nitriles is 1. The quantitative estimate of drug-likeness (QED) is 0.598. The summed E-state index contributed by atoms with van der Waals surface area (Å²) in [7, 11) is 0. The molecule has 0 aliphatic carbocycles. The van der Waals surface area contributed by atoms with Crippen LogP contribution in [0.15, 0.2) is 41.4 Å². The average molecular weight is 423 g/mol. The number of hydrogen-bond donors (Lipinski definition) is 0. The van der Waals surface area contributed by atoms with E-state index in [0.717, 1.165) is 4.70 Å². The van der Waals surface area contributed by atoms with Crippen LogP contribution >= 0.6 is 11.3 Å². The molecule has 30 heavy (non-hydrogen) atoms. The summed E-state index contributed by atoms with van der Waals surface area (Å²) in [6.07, 6.45) is 0. The first kappa shape index (κ1) is 19.7. The van der Waals surface area contributed by atoms with Crippen molar-refractivity contribution in [2.45, 2.75) is 13.5 Å². The van der Waals surface area contributed by atoms with Gasteiger partial charge in [0.05, 0.1) is 28.5 Å². The number of aromatic nitrogens is 1. The third-order valence-corrected chi connectivity index (χ3v) is 5.44. The first-order valence-corrected chi connectivity index (χ1v) is 10.1. The van der Waals surface area contributed by atoms with Crippen molar-refractivity contribution in [3.63, 3.8) is 0 Å². The molecule has 1 aliphatic heterocycles. The van der Waals surface area contributed by atoms with Gasteiger partial charge in [-0.2, -0.15) is 10.3 Å². The van der Waals surface area contributed by atoms with Gasteiger partial charge in [0.15, 0.2) is 16.3 Å². The highest BCUT2D eigenvalue weighted by Crippen LogP contribution is 2.35. The summed E-state index contributed by atoms with van der Waals surface area (Å²) in [6.45, 7) is 2.79. The van der Waals surface area contributed by atoms with E-state index in [1.54, 1.807) is 41.8 Å². The van der Waals surface area contributed by atoms with Crippen molar-refractivity contribution in [2.75, 3.05) is 19.8 Å². The summed E-state index contributed by atoms with van der Waals surface area (Å²) in [6, 6.07) is 11.8. The Morgan fingerprint density at radius 3 is 2.57 bits per heavy atom. The zero-order chi connectivity index (χ0) is 21.1. The maximum atomic E-state index is 12.7. The molecule has 152 valence electrons. The summed E-state index contributed by atoms with van der Waals surface area (Å²) in [5, 5.41) is 8.91. The molecule has 0 saturated heterocycles. The molecule has 1 aliphatic rings. The first-order valence-electron chi connectivity index (χ1n) is 9.27. The van der Waals surface area contributed by atoms with Crippen LogP contribution in [-0.4, -0.2) is 36.3 Å². The molecule has 9 heteroatoms. The van der Waals surface area contributed by atoms with Crippen molar-refractivity contribution in [1.82, 2.24) is 4.57 Å². The molecule has 0 fully saturated rings. The number of carbonyl (C=O) groups is 2. The van der Waals surface area contributed by atoms with Gasteiger partial charge in [0.1, 0.15) is 19.8 Å². The molecule has 3 aromatic rings. The van der Waals surface area contributed by atoms with Crippen LogP contribution < -0.4 is 14.3 Å². The largest absolute Gasteiger partial charge is 0.486 e. The Labute approximate surface area is 175 Å². The van der Waals surface area contributed by atoms with E-state index < -0.39 is 11.9 Å². The molecule has 0 radical (unpaired) electrons. The van der Waals surface area contributed by atoms with Gasteiger partial charge in [-0.15, -0.1) is 0 Å². The van der Waals surface area contributed by atoms with E-state index in [2.05, 4.69) is 4.99 Å². The number of rotatable bonds is 4. The van der Waals surface area contributed by atoms with Gasteiger partial charge in [-0.1, -0.05) is 11.3 Å². The zero-order valence-corrected chi connectivity index (χ0v) is 16.9. The van der Waals surface area contributed by atoms with E-state index in [1.165, 1.54) is 11.3 Å². The van der Waals surface area contributed by atoms with Crippen molar-refractivity contribution in [3.05, 3.63) is 52.3 Å². The van der Waals surface area contributed by atoms with Crippen LogP contribution in [0.4, 0.5) is 0 Å². The average Bonchev–Trinajstić information content (AvgIpc) is 3.08. The zero-order valence-electron chi connectivity index (χ0n) is 16.1. The Balaban J connectivity index is 1.81. The van der Waals surface area contributed by atoms with E-state index >= 15 is 0 Å². The van der Waals surface area contributed by atoms with E-state index in [0.29, 0.717) is 46.2 Å². The molecule has 1 amide bonds. The highest BCUT2D eigenvalue weighted by molar-refractivity contribution is 7.16. The second-order valence-electron chi connectivity index (χ2n) is 6.35. The smallest absolute Gasteiger partial charge is 0.326 e. The summed E-state index contributed by atoms with van der Waals surface area (Å²) >= 11 is 1.27. The molecule has 0 atom stereocenters. The lowest BCUT2D eigenvalue weighted by Crippen LogP contribution is -2.23. The Morgan fingerprint density at radius 2 is 1.90 bits per heavy atom. The van der Waals surface area contributed by atoms with Crippen LogP contribution in [0.5, 0.6) is 11.5 Å². The monoisotopic (exact) mass is 423 g/mol. The van der Waals surface area contributed by atoms with E-state index in [-0.39, 0.29) is 13.2 Å². The minimum atomic E-state index is -0.471. The number of fused-ring (bicyclic) bond motifs is 2. The van der Waals surface area contributed by atoms with E-state index in [1.807, 2.05) is 12.1 Å². The lowest BCUT2D eigenvalue weighted by Gasteiger charge is -2.18. The third kappa shape index (κ3) is 3.90. The summed E-state index contributed by atoms with van der Waals surface area (Å²) in [5.41, 5.74) is 1.50. The van der Waals surface area contributed by atoms with Crippen molar-refractivity contribution in [2.24, 2.45) is 4.99 Å². The van der Waals surface area contributed by atoms with E-state index in [4.69, 9.17) is 19.5 Å². The molecule has 0 N–H and O–H groups in total. The molecule has 8 nitrogen and oxygen atoms in total. The highest BCUT2D eigenvalue weighted by Gasteiger charge is 2.18. The number of benzene rings is 2. The van der Waals surface area contributed by atoms with Gasteiger partial charge in [-0.05, 0) is 31.2 Å². The maximum Gasteiger partial charge on any atom is 0.326 e. The summed E-state index contributed by atoms with van der Waals surface area (Å²) < 4.78 is 18.8. The van der Waals surface area contributed by atoms with Gasteiger partial charge < -0.3 is 18.8 Å². The van der Waals surface area contributed by atoms with Crippen LogP contribution in [0.25, 0.3) is 10.2 Å². The van der Waals surface area contributed by atoms with Crippen LogP contribution in [0.2, 0.25) is 0 Å². The molecular weight excluding hydrogens is 406 g/mol. The van der Waals surface area contributed by atoms with Crippen LogP contribution in [0.3, 0.4) is 0 Å².